The molecule has 0 unspecified atom stereocenters. The average Bonchev–Trinajstić information content (AvgIpc) is 2.72. The van der Waals surface area contributed by atoms with E-state index in [4.69, 9.17) is 25.2 Å². The van der Waals surface area contributed by atoms with Gasteiger partial charge in [0, 0.05) is 0 Å². The minimum absolute atomic E-state index is 0.469. The predicted octanol–water partition coefficient (Wildman–Crippen LogP) is -0.153. The molecule has 1 saturated heterocycles. The molecule has 0 amide bonds. The Balaban J connectivity index is 1.74. The van der Waals surface area contributed by atoms with E-state index in [1.54, 1.807) is 18.2 Å². The zero-order valence-corrected chi connectivity index (χ0v) is 16.7. The molecule has 5 atom stereocenters. The molecular formula is C22H24B2O6. The van der Waals surface area contributed by atoms with Gasteiger partial charge in [0.05, 0.1) is 29.4 Å². The number of rotatable bonds is 5. The molecule has 6 nitrogen and oxygen atoms in total. The number of fused-ring (bicyclic) bond motifs is 1. The molecule has 4 radical (unpaired) electrons. The molecule has 4 rings (SSSR count). The fourth-order valence-corrected chi connectivity index (χ4v) is 4.21. The van der Waals surface area contributed by atoms with Crippen molar-refractivity contribution in [3.05, 3.63) is 64.2 Å². The molecule has 1 fully saturated rings. The summed E-state index contributed by atoms with van der Waals surface area (Å²) >= 11 is 0. The van der Waals surface area contributed by atoms with E-state index in [1.807, 2.05) is 18.2 Å². The third-order valence-corrected chi connectivity index (χ3v) is 6.24. The third-order valence-electron chi connectivity index (χ3n) is 6.24. The van der Waals surface area contributed by atoms with Gasteiger partial charge in [0.25, 0.3) is 0 Å². The second kappa shape index (κ2) is 8.02. The molecule has 1 aliphatic heterocycles. The van der Waals surface area contributed by atoms with Crippen molar-refractivity contribution < 1.29 is 29.9 Å². The van der Waals surface area contributed by atoms with E-state index in [1.165, 1.54) is 18.2 Å². The average molecular weight is 406 g/mol. The molecule has 30 heavy (non-hydrogen) atoms. The lowest BCUT2D eigenvalue weighted by Gasteiger charge is -2.40. The molecule has 1 aliphatic carbocycles. The van der Waals surface area contributed by atoms with E-state index in [-0.39, 0.29) is 0 Å². The second-order valence-electron chi connectivity index (χ2n) is 8.06. The van der Waals surface area contributed by atoms with Gasteiger partial charge in [0.2, 0.25) is 0 Å². The SMILES string of the molecule is [B]C([B])(c1ccc2c(c1)CC2)c1cc([C@@H]2O[C@H](CO)[C@@H](O)[C@H](O)[C@H]2O)ccc1OC. The molecule has 0 saturated carbocycles. The van der Waals surface area contributed by atoms with Gasteiger partial charge >= 0.3 is 0 Å². The van der Waals surface area contributed by atoms with E-state index >= 15 is 0 Å². The number of hydrogen-bond acceptors (Lipinski definition) is 6. The first-order chi connectivity index (χ1) is 14.3. The lowest BCUT2D eigenvalue weighted by molar-refractivity contribution is -0.231. The maximum Gasteiger partial charge on any atom is 0.121 e. The Morgan fingerprint density at radius 1 is 1.00 bits per heavy atom. The van der Waals surface area contributed by atoms with Gasteiger partial charge in [-0.05, 0) is 46.4 Å². The lowest BCUT2D eigenvalue weighted by atomic mass is 9.47. The van der Waals surface area contributed by atoms with Crippen molar-refractivity contribution >= 4 is 15.7 Å². The summed E-state index contributed by atoms with van der Waals surface area (Å²) in [5.74, 6) is 0.469. The number of methoxy groups -OCH3 is 1. The van der Waals surface area contributed by atoms with Crippen LogP contribution in [0.2, 0.25) is 0 Å². The van der Waals surface area contributed by atoms with Gasteiger partial charge in [-0.2, -0.15) is 0 Å². The van der Waals surface area contributed by atoms with Gasteiger partial charge in [0.15, 0.2) is 0 Å². The van der Waals surface area contributed by atoms with Crippen LogP contribution in [0.25, 0.3) is 0 Å². The van der Waals surface area contributed by atoms with Crippen LogP contribution in [0.5, 0.6) is 5.75 Å². The monoisotopic (exact) mass is 406 g/mol. The molecule has 2 aliphatic rings. The molecule has 0 aromatic heterocycles. The summed E-state index contributed by atoms with van der Waals surface area (Å²) in [7, 11) is 14.7. The highest BCUT2D eigenvalue weighted by Crippen LogP contribution is 2.39. The summed E-state index contributed by atoms with van der Waals surface area (Å²) in [5.41, 5.74) is 4.21. The molecule has 0 bridgehead atoms. The van der Waals surface area contributed by atoms with Crippen LogP contribution >= 0.6 is 0 Å². The Morgan fingerprint density at radius 2 is 1.73 bits per heavy atom. The quantitative estimate of drug-likeness (QED) is 0.516. The third kappa shape index (κ3) is 3.47. The van der Waals surface area contributed by atoms with Crippen molar-refractivity contribution in [2.24, 2.45) is 0 Å². The summed E-state index contributed by atoms with van der Waals surface area (Å²) in [5, 5.41) is 38.7. The highest BCUT2D eigenvalue weighted by molar-refractivity contribution is 6.42. The first kappa shape index (κ1) is 21.4. The minimum Gasteiger partial charge on any atom is -0.497 e. The van der Waals surface area contributed by atoms with Gasteiger partial charge in [0.1, 0.15) is 36.3 Å². The van der Waals surface area contributed by atoms with Crippen LogP contribution in [-0.4, -0.2) is 74.3 Å². The van der Waals surface area contributed by atoms with Crippen LogP contribution < -0.4 is 4.74 Å². The zero-order valence-electron chi connectivity index (χ0n) is 16.7. The molecule has 2 aromatic carbocycles. The van der Waals surface area contributed by atoms with Crippen molar-refractivity contribution in [3.8, 4) is 5.75 Å². The summed E-state index contributed by atoms with van der Waals surface area (Å²) in [6.07, 6.45) is -4.25. The fraction of sp³-hybridized carbons (Fsp3) is 0.455. The topological polar surface area (TPSA) is 99.4 Å². The summed E-state index contributed by atoms with van der Waals surface area (Å²) in [6, 6.07) is 10.9. The van der Waals surface area contributed by atoms with Gasteiger partial charge in [-0.3, -0.25) is 0 Å². The Morgan fingerprint density at radius 3 is 2.33 bits per heavy atom. The van der Waals surface area contributed by atoms with Crippen molar-refractivity contribution in [2.45, 2.75) is 48.6 Å². The first-order valence-corrected chi connectivity index (χ1v) is 9.97. The maximum atomic E-state index is 10.5. The molecule has 1 heterocycles. The Labute approximate surface area is 178 Å². The van der Waals surface area contributed by atoms with Crippen LogP contribution in [-0.2, 0) is 22.8 Å². The normalized spacial score (nSPS) is 28.5. The zero-order chi connectivity index (χ0) is 21.6. The maximum absolute atomic E-state index is 10.5. The van der Waals surface area contributed by atoms with Gasteiger partial charge in [-0.15, -0.1) is 0 Å². The van der Waals surface area contributed by atoms with E-state index in [9.17, 15) is 20.4 Å². The smallest absolute Gasteiger partial charge is 0.121 e. The van der Waals surface area contributed by atoms with Crippen molar-refractivity contribution in [1.82, 2.24) is 0 Å². The summed E-state index contributed by atoms with van der Waals surface area (Å²) in [6.45, 7) is -0.503. The van der Waals surface area contributed by atoms with Crippen molar-refractivity contribution in [3.63, 3.8) is 0 Å². The predicted molar refractivity (Wildman–Crippen MR) is 112 cm³/mol. The van der Waals surface area contributed by atoms with Crippen LogP contribution in [0, 0.1) is 0 Å². The highest BCUT2D eigenvalue weighted by atomic mass is 16.5. The lowest BCUT2D eigenvalue weighted by Crippen LogP contribution is -2.55. The van der Waals surface area contributed by atoms with E-state index < -0.39 is 42.3 Å². The Kier molecular flexibility index (Phi) is 5.72. The highest BCUT2D eigenvalue weighted by Gasteiger charge is 2.44. The number of hydrogen-bond donors (Lipinski definition) is 4. The van der Waals surface area contributed by atoms with E-state index in [2.05, 4.69) is 0 Å². The standard InChI is InChI=1S/C22H24B2O6/c1-29-16-7-5-13(21-20(28)19(27)18(26)17(10-25)30-21)9-15(16)22(23,24)14-6-4-11-2-3-12(11)8-14/h4-9,17-21,25-28H,2-3,10H2,1H3/t17-,18-,19+,20-,21+/m1/s1. The molecule has 154 valence electrons. The van der Waals surface area contributed by atoms with E-state index in [0.717, 1.165) is 18.4 Å². The van der Waals surface area contributed by atoms with Crippen LogP contribution in [0.1, 0.15) is 33.9 Å². The molecular weight excluding hydrogens is 382 g/mol. The Bertz CT molecular complexity index is 932. The molecule has 8 heteroatoms. The van der Waals surface area contributed by atoms with Crippen LogP contribution in [0.3, 0.4) is 0 Å². The number of ether oxygens (including phenoxy) is 2. The Hall–Kier alpha value is -1.83. The fourth-order valence-electron chi connectivity index (χ4n) is 4.21. The van der Waals surface area contributed by atoms with Gasteiger partial charge in [-0.1, -0.05) is 35.9 Å². The van der Waals surface area contributed by atoms with Crippen LogP contribution in [0.4, 0.5) is 0 Å². The van der Waals surface area contributed by atoms with Crippen molar-refractivity contribution in [2.75, 3.05) is 13.7 Å². The first-order valence-electron chi connectivity index (χ1n) is 9.97. The molecule has 2 aromatic rings. The van der Waals surface area contributed by atoms with Crippen LogP contribution in [0.15, 0.2) is 36.4 Å². The van der Waals surface area contributed by atoms with Gasteiger partial charge in [-0.25, -0.2) is 0 Å². The minimum atomic E-state index is -1.47. The number of aliphatic hydroxyl groups excluding tert-OH is 4. The summed E-state index contributed by atoms with van der Waals surface area (Å²) < 4.78 is 11.2. The number of aliphatic hydroxyl groups is 4. The molecule has 0 spiro atoms. The largest absolute Gasteiger partial charge is 0.497 e. The molecule has 4 N–H and O–H groups in total. The van der Waals surface area contributed by atoms with Gasteiger partial charge < -0.3 is 29.9 Å². The summed E-state index contributed by atoms with van der Waals surface area (Å²) in [4.78, 5) is 0. The van der Waals surface area contributed by atoms with Crippen molar-refractivity contribution in [1.29, 1.82) is 0 Å². The second-order valence-corrected chi connectivity index (χ2v) is 8.06. The number of aryl methyl sites for hydroxylation is 2. The van der Waals surface area contributed by atoms with E-state index in [0.29, 0.717) is 16.9 Å². The number of benzene rings is 2.